The van der Waals surface area contributed by atoms with Crippen molar-refractivity contribution in [2.45, 2.75) is 33.6 Å². The molecule has 1 aromatic heterocycles. The summed E-state index contributed by atoms with van der Waals surface area (Å²) in [5.74, 6) is 1.09. The van der Waals surface area contributed by atoms with Crippen LogP contribution in [0, 0.1) is 5.92 Å². The minimum Gasteiger partial charge on any atom is -0.369 e. The first-order valence-electron chi connectivity index (χ1n) is 6.47. The second-order valence-electron chi connectivity index (χ2n) is 4.67. The molecule has 0 bridgehead atoms. The Morgan fingerprint density at radius 3 is 2.67 bits per heavy atom. The molecule has 0 aliphatic rings. The summed E-state index contributed by atoms with van der Waals surface area (Å²) in [5.41, 5.74) is 0.362. The van der Waals surface area contributed by atoms with E-state index in [-0.39, 0.29) is 5.91 Å². The lowest BCUT2D eigenvalue weighted by atomic mass is 10.2. The van der Waals surface area contributed by atoms with E-state index < -0.39 is 0 Å². The Morgan fingerprint density at radius 1 is 1.33 bits per heavy atom. The zero-order valence-electron chi connectivity index (χ0n) is 11.4. The van der Waals surface area contributed by atoms with Crippen molar-refractivity contribution in [2.24, 2.45) is 5.92 Å². The van der Waals surface area contributed by atoms with Gasteiger partial charge in [-0.25, -0.2) is 9.97 Å². The molecule has 0 saturated heterocycles. The Balaban J connectivity index is 2.46. The highest BCUT2D eigenvalue weighted by Crippen LogP contribution is 2.02. The highest BCUT2D eigenvalue weighted by atomic mass is 16.1. The number of aromatic nitrogens is 2. The molecule has 1 rings (SSSR count). The van der Waals surface area contributed by atoms with Gasteiger partial charge < -0.3 is 10.6 Å². The van der Waals surface area contributed by atoms with Gasteiger partial charge in [0.25, 0.3) is 5.91 Å². The van der Waals surface area contributed by atoms with Crippen molar-refractivity contribution in [3.63, 3.8) is 0 Å². The van der Waals surface area contributed by atoms with Gasteiger partial charge >= 0.3 is 0 Å². The van der Waals surface area contributed by atoms with Crippen molar-refractivity contribution in [2.75, 3.05) is 18.4 Å². The Bertz CT molecular complexity index is 362. The summed E-state index contributed by atoms with van der Waals surface area (Å²) in [6.45, 7) is 7.86. The third-order valence-corrected chi connectivity index (χ3v) is 2.39. The van der Waals surface area contributed by atoms with E-state index in [1.165, 1.54) is 6.20 Å². The summed E-state index contributed by atoms with van der Waals surface area (Å²) in [6, 6.07) is 0. The molecule has 0 aliphatic carbocycles. The normalized spacial score (nSPS) is 10.4. The van der Waals surface area contributed by atoms with Crippen LogP contribution < -0.4 is 10.6 Å². The molecule has 1 aromatic rings. The van der Waals surface area contributed by atoms with E-state index in [2.05, 4.69) is 41.4 Å². The number of rotatable bonds is 7. The standard InChI is InChI=1S/C13H22N4O/c1-4-5-6-14-13(18)11-8-17-12(9-15-11)16-7-10(2)3/h8-10H,4-7H2,1-3H3,(H,14,18)(H,16,17). The molecule has 5 heteroatoms. The van der Waals surface area contributed by atoms with Crippen LogP contribution in [0.5, 0.6) is 0 Å². The number of carbonyl (C=O) groups is 1. The third-order valence-electron chi connectivity index (χ3n) is 2.39. The van der Waals surface area contributed by atoms with E-state index >= 15 is 0 Å². The summed E-state index contributed by atoms with van der Waals surface area (Å²) in [7, 11) is 0. The molecule has 0 atom stereocenters. The summed E-state index contributed by atoms with van der Waals surface area (Å²) in [5, 5.41) is 5.96. The van der Waals surface area contributed by atoms with Crippen molar-refractivity contribution < 1.29 is 4.79 Å². The van der Waals surface area contributed by atoms with Gasteiger partial charge in [-0.15, -0.1) is 0 Å². The van der Waals surface area contributed by atoms with Crippen molar-refractivity contribution in [3.8, 4) is 0 Å². The Hall–Kier alpha value is -1.65. The van der Waals surface area contributed by atoms with Gasteiger partial charge in [0.1, 0.15) is 11.5 Å². The average Bonchev–Trinajstić information content (AvgIpc) is 2.37. The molecule has 1 amide bonds. The quantitative estimate of drug-likeness (QED) is 0.727. The van der Waals surface area contributed by atoms with E-state index in [4.69, 9.17) is 0 Å². The Labute approximate surface area is 108 Å². The van der Waals surface area contributed by atoms with Crippen LogP contribution in [0.2, 0.25) is 0 Å². The number of anilines is 1. The molecule has 1 heterocycles. The fraction of sp³-hybridized carbons (Fsp3) is 0.615. The number of hydrogen-bond donors (Lipinski definition) is 2. The first kappa shape index (κ1) is 14.4. The van der Waals surface area contributed by atoms with Crippen molar-refractivity contribution in [3.05, 3.63) is 18.1 Å². The van der Waals surface area contributed by atoms with Crippen LogP contribution in [0.4, 0.5) is 5.82 Å². The molecule has 0 aliphatic heterocycles. The molecule has 0 aromatic carbocycles. The van der Waals surface area contributed by atoms with Crippen LogP contribution in [-0.2, 0) is 0 Å². The maximum Gasteiger partial charge on any atom is 0.271 e. The van der Waals surface area contributed by atoms with Gasteiger partial charge in [-0.05, 0) is 12.3 Å². The number of nitrogens with zero attached hydrogens (tertiary/aromatic N) is 2. The van der Waals surface area contributed by atoms with Crippen LogP contribution >= 0.6 is 0 Å². The van der Waals surface area contributed by atoms with Crippen molar-refractivity contribution in [1.29, 1.82) is 0 Å². The summed E-state index contributed by atoms with van der Waals surface area (Å²) in [4.78, 5) is 19.9. The molecular formula is C13H22N4O. The molecule has 100 valence electrons. The monoisotopic (exact) mass is 250 g/mol. The minimum absolute atomic E-state index is 0.161. The largest absolute Gasteiger partial charge is 0.369 e. The Kier molecular flexibility index (Phi) is 6.11. The van der Waals surface area contributed by atoms with Gasteiger partial charge in [0.05, 0.1) is 12.4 Å². The van der Waals surface area contributed by atoms with E-state index in [0.29, 0.717) is 24.0 Å². The minimum atomic E-state index is -0.161. The van der Waals surface area contributed by atoms with Crippen LogP contribution in [0.25, 0.3) is 0 Å². The second-order valence-corrected chi connectivity index (χ2v) is 4.67. The summed E-state index contributed by atoms with van der Waals surface area (Å²) >= 11 is 0. The Morgan fingerprint density at radius 2 is 2.11 bits per heavy atom. The SMILES string of the molecule is CCCCNC(=O)c1cnc(NCC(C)C)cn1. The van der Waals surface area contributed by atoms with Crippen molar-refractivity contribution >= 4 is 11.7 Å². The molecule has 0 radical (unpaired) electrons. The maximum atomic E-state index is 11.7. The molecule has 0 fully saturated rings. The number of amides is 1. The van der Waals surface area contributed by atoms with Crippen LogP contribution in [0.15, 0.2) is 12.4 Å². The van der Waals surface area contributed by atoms with Gasteiger partial charge in [-0.2, -0.15) is 0 Å². The lowest BCUT2D eigenvalue weighted by Gasteiger charge is -2.08. The number of hydrogen-bond acceptors (Lipinski definition) is 4. The molecule has 0 saturated carbocycles. The predicted molar refractivity (Wildman–Crippen MR) is 72.6 cm³/mol. The molecule has 0 spiro atoms. The van der Waals surface area contributed by atoms with Crippen molar-refractivity contribution in [1.82, 2.24) is 15.3 Å². The lowest BCUT2D eigenvalue weighted by Crippen LogP contribution is -2.25. The summed E-state index contributed by atoms with van der Waals surface area (Å²) in [6.07, 6.45) is 5.14. The number of nitrogens with one attached hydrogen (secondary N) is 2. The van der Waals surface area contributed by atoms with E-state index in [0.717, 1.165) is 19.4 Å². The van der Waals surface area contributed by atoms with Gasteiger partial charge in [-0.1, -0.05) is 27.2 Å². The van der Waals surface area contributed by atoms with E-state index in [9.17, 15) is 4.79 Å². The lowest BCUT2D eigenvalue weighted by molar-refractivity contribution is 0.0948. The highest BCUT2D eigenvalue weighted by molar-refractivity contribution is 5.91. The second kappa shape index (κ2) is 7.63. The zero-order chi connectivity index (χ0) is 13.4. The molecular weight excluding hydrogens is 228 g/mol. The fourth-order valence-electron chi connectivity index (χ4n) is 1.31. The molecule has 5 nitrogen and oxygen atoms in total. The molecule has 18 heavy (non-hydrogen) atoms. The number of unbranched alkanes of at least 4 members (excludes halogenated alkanes) is 1. The third kappa shape index (κ3) is 5.12. The van der Waals surface area contributed by atoms with E-state index in [1.807, 2.05) is 0 Å². The zero-order valence-corrected chi connectivity index (χ0v) is 11.4. The summed E-state index contributed by atoms with van der Waals surface area (Å²) < 4.78 is 0. The molecule has 2 N–H and O–H groups in total. The first-order valence-corrected chi connectivity index (χ1v) is 6.47. The molecule has 0 unspecified atom stereocenters. The first-order chi connectivity index (χ1) is 8.63. The van der Waals surface area contributed by atoms with Gasteiger partial charge in [0.15, 0.2) is 0 Å². The van der Waals surface area contributed by atoms with Crippen LogP contribution in [0.1, 0.15) is 44.1 Å². The van der Waals surface area contributed by atoms with Crippen LogP contribution in [0.3, 0.4) is 0 Å². The van der Waals surface area contributed by atoms with E-state index in [1.54, 1.807) is 6.20 Å². The van der Waals surface area contributed by atoms with Gasteiger partial charge in [0.2, 0.25) is 0 Å². The fourth-order valence-corrected chi connectivity index (χ4v) is 1.31. The topological polar surface area (TPSA) is 66.9 Å². The van der Waals surface area contributed by atoms with Gasteiger partial charge in [0, 0.05) is 13.1 Å². The predicted octanol–water partition coefficient (Wildman–Crippen LogP) is 2.07. The smallest absolute Gasteiger partial charge is 0.271 e. The highest BCUT2D eigenvalue weighted by Gasteiger charge is 2.06. The van der Waals surface area contributed by atoms with Gasteiger partial charge in [-0.3, -0.25) is 4.79 Å². The maximum absolute atomic E-state index is 11.7. The van der Waals surface area contributed by atoms with Crippen LogP contribution in [-0.4, -0.2) is 29.0 Å². The number of carbonyl (C=O) groups excluding carboxylic acids is 1. The average molecular weight is 250 g/mol.